The van der Waals surface area contributed by atoms with E-state index in [9.17, 15) is 5.11 Å². The van der Waals surface area contributed by atoms with Crippen molar-refractivity contribution in [2.45, 2.75) is 19.4 Å². The van der Waals surface area contributed by atoms with E-state index in [0.717, 1.165) is 27.5 Å². The van der Waals surface area contributed by atoms with Crippen LogP contribution in [0.1, 0.15) is 22.4 Å². The minimum Gasteiger partial charge on any atom is -0.388 e. The Labute approximate surface area is 128 Å². The topological polar surface area (TPSA) is 46.0 Å². The molecule has 2 heterocycles. The molecule has 0 aliphatic carbocycles. The van der Waals surface area contributed by atoms with Gasteiger partial charge in [0.05, 0.1) is 16.8 Å². The highest BCUT2D eigenvalue weighted by molar-refractivity contribution is 7.09. The lowest BCUT2D eigenvalue weighted by Gasteiger charge is -2.09. The zero-order valence-corrected chi connectivity index (χ0v) is 12.5. The van der Waals surface area contributed by atoms with Crippen LogP contribution in [0, 0.1) is 6.92 Å². The number of aryl methyl sites for hydroxylation is 1. The monoisotopic (exact) mass is 296 g/mol. The molecule has 0 amide bonds. The molecule has 1 aromatic carbocycles. The normalized spacial score (nSPS) is 12.3. The maximum Gasteiger partial charge on any atom is 0.0961 e. The second kappa shape index (κ2) is 6.16. The summed E-state index contributed by atoms with van der Waals surface area (Å²) < 4.78 is 0. The van der Waals surface area contributed by atoms with Gasteiger partial charge < -0.3 is 5.11 Å². The Hall–Kier alpha value is -2.04. The van der Waals surface area contributed by atoms with Crippen LogP contribution >= 0.6 is 11.3 Å². The number of hydrogen-bond acceptors (Lipinski definition) is 4. The summed E-state index contributed by atoms with van der Waals surface area (Å²) >= 11 is 1.58. The van der Waals surface area contributed by atoms with Gasteiger partial charge in [-0.1, -0.05) is 30.3 Å². The van der Waals surface area contributed by atoms with E-state index in [-0.39, 0.29) is 0 Å². The van der Waals surface area contributed by atoms with Crippen LogP contribution in [0.2, 0.25) is 0 Å². The van der Waals surface area contributed by atoms with E-state index in [1.807, 2.05) is 54.8 Å². The molecule has 1 unspecified atom stereocenters. The number of benzene rings is 1. The SMILES string of the molecule is Cc1cc(C(O)Cc2nc(-c3ccccc3)cs2)ccn1. The number of aromatic nitrogens is 2. The molecule has 0 saturated heterocycles. The van der Waals surface area contributed by atoms with Crippen LogP contribution in [0.15, 0.2) is 54.0 Å². The van der Waals surface area contributed by atoms with Crippen LogP contribution in [-0.4, -0.2) is 15.1 Å². The summed E-state index contributed by atoms with van der Waals surface area (Å²) in [4.78, 5) is 8.76. The summed E-state index contributed by atoms with van der Waals surface area (Å²) in [5.41, 5.74) is 3.87. The zero-order valence-electron chi connectivity index (χ0n) is 11.7. The van der Waals surface area contributed by atoms with Crippen LogP contribution in [0.25, 0.3) is 11.3 Å². The molecule has 2 aromatic heterocycles. The van der Waals surface area contributed by atoms with Gasteiger partial charge in [-0.25, -0.2) is 4.98 Å². The van der Waals surface area contributed by atoms with Gasteiger partial charge in [0.1, 0.15) is 0 Å². The van der Waals surface area contributed by atoms with Crippen molar-refractivity contribution >= 4 is 11.3 Å². The second-order valence-corrected chi connectivity index (χ2v) is 5.89. The molecular formula is C17H16N2OS. The average molecular weight is 296 g/mol. The standard InChI is InChI=1S/C17H16N2OS/c1-12-9-14(7-8-18-12)16(20)10-17-19-15(11-21-17)13-5-3-2-4-6-13/h2-9,11,16,20H,10H2,1H3. The van der Waals surface area contributed by atoms with Crippen LogP contribution in [0.4, 0.5) is 0 Å². The molecule has 4 heteroatoms. The Balaban J connectivity index is 1.75. The van der Waals surface area contributed by atoms with Crippen LogP contribution in [0.5, 0.6) is 0 Å². The number of thiazole rings is 1. The average Bonchev–Trinajstić information content (AvgIpc) is 2.97. The first-order chi connectivity index (χ1) is 10.2. The van der Waals surface area contributed by atoms with E-state index in [4.69, 9.17) is 0 Å². The first kappa shape index (κ1) is 13.9. The molecule has 0 radical (unpaired) electrons. The van der Waals surface area contributed by atoms with Crippen molar-refractivity contribution in [3.8, 4) is 11.3 Å². The van der Waals surface area contributed by atoms with Crippen LogP contribution in [-0.2, 0) is 6.42 Å². The van der Waals surface area contributed by atoms with Gasteiger partial charge in [0, 0.05) is 29.3 Å². The molecule has 3 aromatic rings. The lowest BCUT2D eigenvalue weighted by atomic mass is 10.1. The Morgan fingerprint density at radius 3 is 2.76 bits per heavy atom. The van der Waals surface area contributed by atoms with Gasteiger partial charge in [-0.2, -0.15) is 0 Å². The van der Waals surface area contributed by atoms with Gasteiger partial charge in [0.25, 0.3) is 0 Å². The highest BCUT2D eigenvalue weighted by Crippen LogP contribution is 2.25. The van der Waals surface area contributed by atoms with Crippen molar-refractivity contribution in [3.05, 3.63) is 70.3 Å². The van der Waals surface area contributed by atoms with Gasteiger partial charge in [-0.3, -0.25) is 4.98 Å². The number of pyridine rings is 1. The molecule has 0 aliphatic rings. The number of rotatable bonds is 4. The van der Waals surface area contributed by atoms with Crippen molar-refractivity contribution < 1.29 is 5.11 Å². The molecule has 0 saturated carbocycles. The summed E-state index contributed by atoms with van der Waals surface area (Å²) in [6.45, 7) is 1.92. The number of aliphatic hydroxyl groups excluding tert-OH is 1. The summed E-state index contributed by atoms with van der Waals surface area (Å²) in [6, 6.07) is 13.8. The maximum absolute atomic E-state index is 10.3. The van der Waals surface area contributed by atoms with E-state index in [0.29, 0.717) is 6.42 Å². The van der Waals surface area contributed by atoms with E-state index < -0.39 is 6.10 Å². The lowest BCUT2D eigenvalue weighted by Crippen LogP contribution is -2.02. The summed E-state index contributed by atoms with van der Waals surface area (Å²) in [6.07, 6.45) is 1.72. The van der Waals surface area contributed by atoms with Crippen LogP contribution in [0.3, 0.4) is 0 Å². The van der Waals surface area contributed by atoms with Crippen LogP contribution < -0.4 is 0 Å². The highest BCUT2D eigenvalue weighted by atomic mass is 32.1. The number of nitrogens with zero attached hydrogens (tertiary/aromatic N) is 2. The Morgan fingerprint density at radius 1 is 1.19 bits per heavy atom. The molecule has 0 aliphatic heterocycles. The van der Waals surface area contributed by atoms with E-state index in [2.05, 4.69) is 9.97 Å². The minimum absolute atomic E-state index is 0.529. The third-order valence-electron chi connectivity index (χ3n) is 3.29. The largest absolute Gasteiger partial charge is 0.388 e. The van der Waals surface area contributed by atoms with Crippen molar-refractivity contribution in [1.82, 2.24) is 9.97 Å². The fourth-order valence-corrected chi connectivity index (χ4v) is 3.05. The molecule has 3 rings (SSSR count). The minimum atomic E-state index is -0.540. The molecule has 21 heavy (non-hydrogen) atoms. The molecule has 0 bridgehead atoms. The molecule has 1 atom stereocenters. The van der Waals surface area contributed by atoms with Gasteiger partial charge in [-0.05, 0) is 24.6 Å². The second-order valence-electron chi connectivity index (χ2n) is 4.94. The zero-order chi connectivity index (χ0) is 14.7. The Morgan fingerprint density at radius 2 is 2.00 bits per heavy atom. The first-order valence-electron chi connectivity index (χ1n) is 6.83. The van der Waals surface area contributed by atoms with Gasteiger partial charge in [0.15, 0.2) is 0 Å². The molecule has 106 valence electrons. The first-order valence-corrected chi connectivity index (χ1v) is 7.71. The summed E-state index contributed by atoms with van der Waals surface area (Å²) in [7, 11) is 0. The molecule has 0 fully saturated rings. The van der Waals surface area contributed by atoms with Crippen molar-refractivity contribution in [3.63, 3.8) is 0 Å². The lowest BCUT2D eigenvalue weighted by molar-refractivity contribution is 0.178. The third kappa shape index (κ3) is 3.35. The number of hydrogen-bond donors (Lipinski definition) is 1. The fraction of sp³-hybridized carbons (Fsp3) is 0.176. The fourth-order valence-electron chi connectivity index (χ4n) is 2.20. The van der Waals surface area contributed by atoms with Crippen molar-refractivity contribution in [2.24, 2.45) is 0 Å². The predicted molar refractivity (Wildman–Crippen MR) is 85.2 cm³/mol. The molecule has 1 N–H and O–H groups in total. The highest BCUT2D eigenvalue weighted by Gasteiger charge is 2.12. The van der Waals surface area contributed by atoms with Gasteiger partial charge in [-0.15, -0.1) is 11.3 Å². The predicted octanol–water partition coefficient (Wildman–Crippen LogP) is 3.79. The maximum atomic E-state index is 10.3. The van der Waals surface area contributed by atoms with E-state index in [1.165, 1.54) is 0 Å². The smallest absolute Gasteiger partial charge is 0.0961 e. The van der Waals surface area contributed by atoms with Crippen molar-refractivity contribution in [1.29, 1.82) is 0 Å². The van der Waals surface area contributed by atoms with Gasteiger partial charge in [0.2, 0.25) is 0 Å². The number of aliphatic hydroxyl groups is 1. The Bertz CT molecular complexity index is 724. The molecule has 0 spiro atoms. The summed E-state index contributed by atoms with van der Waals surface area (Å²) in [5, 5.41) is 13.3. The summed E-state index contributed by atoms with van der Waals surface area (Å²) in [5.74, 6) is 0. The van der Waals surface area contributed by atoms with Gasteiger partial charge >= 0.3 is 0 Å². The quantitative estimate of drug-likeness (QED) is 0.796. The molecule has 3 nitrogen and oxygen atoms in total. The third-order valence-corrected chi connectivity index (χ3v) is 4.17. The molecular weight excluding hydrogens is 280 g/mol. The van der Waals surface area contributed by atoms with Crippen molar-refractivity contribution in [2.75, 3.05) is 0 Å². The van der Waals surface area contributed by atoms with E-state index in [1.54, 1.807) is 17.5 Å². The Kier molecular flexibility index (Phi) is 4.08. The van der Waals surface area contributed by atoms with E-state index >= 15 is 0 Å².